The van der Waals surface area contributed by atoms with Crippen molar-refractivity contribution < 1.29 is 5.11 Å². The lowest BCUT2D eigenvalue weighted by molar-refractivity contribution is -0.223. The van der Waals surface area contributed by atoms with E-state index in [2.05, 4.69) is 24.1 Å². The summed E-state index contributed by atoms with van der Waals surface area (Å²) >= 11 is 0. The zero-order chi connectivity index (χ0) is 10.7. The second-order valence-electron chi connectivity index (χ2n) is 6.25. The van der Waals surface area contributed by atoms with Gasteiger partial charge in [0.05, 0.1) is 5.60 Å². The third-order valence-corrected chi connectivity index (χ3v) is 4.46. The monoisotopic (exact) mass is 210 g/mol. The van der Waals surface area contributed by atoms with Crippen LogP contribution in [0.3, 0.4) is 0 Å². The van der Waals surface area contributed by atoms with Crippen molar-refractivity contribution in [3.63, 3.8) is 0 Å². The number of likely N-dealkylation sites (tertiary alicyclic amines) is 1. The van der Waals surface area contributed by atoms with E-state index in [1.807, 2.05) is 0 Å². The summed E-state index contributed by atoms with van der Waals surface area (Å²) in [5, 5.41) is 13.5. The summed E-state index contributed by atoms with van der Waals surface area (Å²) in [4.78, 5) is 2.54. The van der Waals surface area contributed by atoms with E-state index in [-0.39, 0.29) is 5.60 Å². The SMILES string of the molecule is CC(C)N1CC[C@@H](NC23CC(O)(C2)C3)C1. The lowest BCUT2D eigenvalue weighted by atomic mass is 9.46. The van der Waals surface area contributed by atoms with Crippen molar-refractivity contribution in [2.75, 3.05) is 13.1 Å². The Labute approximate surface area is 91.8 Å². The van der Waals surface area contributed by atoms with Crippen LogP contribution in [-0.2, 0) is 0 Å². The minimum Gasteiger partial charge on any atom is -0.390 e. The van der Waals surface area contributed by atoms with E-state index in [1.165, 1.54) is 19.5 Å². The number of nitrogens with zero attached hydrogens (tertiary/aromatic N) is 1. The van der Waals surface area contributed by atoms with Crippen LogP contribution in [0.5, 0.6) is 0 Å². The van der Waals surface area contributed by atoms with Crippen LogP contribution >= 0.6 is 0 Å². The van der Waals surface area contributed by atoms with Crippen LogP contribution in [0, 0.1) is 0 Å². The van der Waals surface area contributed by atoms with Crippen molar-refractivity contribution in [3.8, 4) is 0 Å². The first-order chi connectivity index (χ1) is 7.00. The van der Waals surface area contributed by atoms with Gasteiger partial charge in [0.25, 0.3) is 0 Å². The number of hydrogen-bond donors (Lipinski definition) is 2. The van der Waals surface area contributed by atoms with E-state index in [4.69, 9.17) is 0 Å². The van der Waals surface area contributed by atoms with Crippen LogP contribution in [0.25, 0.3) is 0 Å². The van der Waals surface area contributed by atoms with E-state index in [0.29, 0.717) is 17.6 Å². The molecule has 4 aliphatic rings. The van der Waals surface area contributed by atoms with Gasteiger partial charge in [0, 0.05) is 24.2 Å². The first kappa shape index (κ1) is 10.1. The molecule has 2 N–H and O–H groups in total. The molecule has 0 aromatic rings. The van der Waals surface area contributed by atoms with Gasteiger partial charge in [-0.1, -0.05) is 0 Å². The third-order valence-electron chi connectivity index (χ3n) is 4.46. The van der Waals surface area contributed by atoms with Crippen molar-refractivity contribution in [1.82, 2.24) is 10.2 Å². The Morgan fingerprint density at radius 1 is 1.33 bits per heavy atom. The maximum Gasteiger partial charge on any atom is 0.0700 e. The fourth-order valence-corrected chi connectivity index (χ4v) is 3.69. The second-order valence-corrected chi connectivity index (χ2v) is 6.25. The number of aliphatic hydroxyl groups is 1. The molecule has 2 bridgehead atoms. The smallest absolute Gasteiger partial charge is 0.0700 e. The largest absolute Gasteiger partial charge is 0.390 e. The molecule has 1 aliphatic heterocycles. The highest BCUT2D eigenvalue weighted by Crippen LogP contribution is 2.60. The van der Waals surface area contributed by atoms with Gasteiger partial charge in [-0.05, 0) is 46.1 Å². The fourth-order valence-electron chi connectivity index (χ4n) is 3.69. The highest BCUT2D eigenvalue weighted by Gasteiger charge is 2.67. The standard InChI is InChI=1S/C12H22N2O/c1-9(2)14-4-3-10(5-14)13-11-6-12(15,7-11)8-11/h9-10,13,15H,3-8H2,1-2H3/t10-,11?,12?/m1/s1. The molecule has 4 fully saturated rings. The van der Waals surface area contributed by atoms with Gasteiger partial charge in [-0.15, -0.1) is 0 Å². The van der Waals surface area contributed by atoms with Gasteiger partial charge in [0.2, 0.25) is 0 Å². The third kappa shape index (κ3) is 1.52. The summed E-state index contributed by atoms with van der Waals surface area (Å²) in [7, 11) is 0. The Kier molecular flexibility index (Phi) is 1.99. The predicted octanol–water partition coefficient (Wildman–Crippen LogP) is 0.726. The van der Waals surface area contributed by atoms with Crippen molar-refractivity contribution >= 4 is 0 Å². The molecule has 86 valence electrons. The molecule has 0 radical (unpaired) electrons. The summed E-state index contributed by atoms with van der Waals surface area (Å²) in [5.74, 6) is 0. The summed E-state index contributed by atoms with van der Waals surface area (Å²) in [6.07, 6.45) is 4.27. The topological polar surface area (TPSA) is 35.5 Å². The molecule has 1 saturated heterocycles. The van der Waals surface area contributed by atoms with Gasteiger partial charge in [-0.3, -0.25) is 4.90 Å². The first-order valence-corrected chi connectivity index (χ1v) is 6.25. The van der Waals surface area contributed by atoms with Gasteiger partial charge in [-0.2, -0.15) is 0 Å². The molecular formula is C12H22N2O. The van der Waals surface area contributed by atoms with E-state index in [1.54, 1.807) is 0 Å². The Balaban J connectivity index is 1.50. The van der Waals surface area contributed by atoms with Crippen LogP contribution in [0.2, 0.25) is 0 Å². The van der Waals surface area contributed by atoms with Gasteiger partial charge < -0.3 is 10.4 Å². The minimum atomic E-state index is -0.261. The maximum atomic E-state index is 9.71. The lowest BCUT2D eigenvalue weighted by Gasteiger charge is -2.68. The summed E-state index contributed by atoms with van der Waals surface area (Å²) in [5.41, 5.74) is 0.0791. The molecule has 3 aliphatic carbocycles. The van der Waals surface area contributed by atoms with Gasteiger partial charge >= 0.3 is 0 Å². The van der Waals surface area contributed by atoms with Crippen molar-refractivity contribution in [1.29, 1.82) is 0 Å². The maximum absolute atomic E-state index is 9.71. The molecule has 3 saturated carbocycles. The molecule has 3 nitrogen and oxygen atoms in total. The van der Waals surface area contributed by atoms with Crippen molar-refractivity contribution in [2.45, 2.75) is 62.8 Å². The van der Waals surface area contributed by atoms with Crippen LogP contribution in [-0.4, -0.2) is 46.3 Å². The highest BCUT2D eigenvalue weighted by atomic mass is 16.3. The lowest BCUT2D eigenvalue weighted by Crippen LogP contribution is -2.79. The predicted molar refractivity (Wildman–Crippen MR) is 59.8 cm³/mol. The Morgan fingerprint density at radius 3 is 2.47 bits per heavy atom. The normalized spacial score (nSPS) is 49.2. The molecule has 0 aromatic carbocycles. The Bertz CT molecular complexity index is 257. The molecule has 3 heteroatoms. The highest BCUT2D eigenvalue weighted by molar-refractivity contribution is 5.25. The molecule has 0 unspecified atom stereocenters. The van der Waals surface area contributed by atoms with Crippen LogP contribution in [0.1, 0.15) is 39.5 Å². The van der Waals surface area contributed by atoms with Gasteiger partial charge in [0.15, 0.2) is 0 Å². The molecule has 1 atom stereocenters. The molecule has 0 aromatic heterocycles. The van der Waals surface area contributed by atoms with Gasteiger partial charge in [0.1, 0.15) is 0 Å². The zero-order valence-electron chi connectivity index (χ0n) is 9.79. The van der Waals surface area contributed by atoms with E-state index >= 15 is 0 Å². The molecule has 15 heavy (non-hydrogen) atoms. The first-order valence-electron chi connectivity index (χ1n) is 6.25. The number of nitrogens with one attached hydrogen (secondary N) is 1. The van der Waals surface area contributed by atoms with Gasteiger partial charge in [-0.25, -0.2) is 0 Å². The van der Waals surface area contributed by atoms with Crippen LogP contribution < -0.4 is 5.32 Å². The molecule has 0 spiro atoms. The summed E-state index contributed by atoms with van der Waals surface area (Å²) < 4.78 is 0. The number of rotatable bonds is 3. The minimum absolute atomic E-state index is 0.261. The fraction of sp³-hybridized carbons (Fsp3) is 1.00. The molecular weight excluding hydrogens is 188 g/mol. The quantitative estimate of drug-likeness (QED) is 0.721. The van der Waals surface area contributed by atoms with Crippen molar-refractivity contribution in [3.05, 3.63) is 0 Å². The molecule has 1 heterocycles. The zero-order valence-corrected chi connectivity index (χ0v) is 9.79. The molecule has 4 rings (SSSR count). The average molecular weight is 210 g/mol. The Hall–Kier alpha value is -0.120. The van der Waals surface area contributed by atoms with Crippen molar-refractivity contribution in [2.24, 2.45) is 0 Å². The van der Waals surface area contributed by atoms with E-state index in [9.17, 15) is 5.11 Å². The molecule has 0 amide bonds. The Morgan fingerprint density at radius 2 is 2.00 bits per heavy atom. The van der Waals surface area contributed by atoms with Crippen LogP contribution in [0.15, 0.2) is 0 Å². The average Bonchev–Trinajstić information content (AvgIpc) is 2.48. The van der Waals surface area contributed by atoms with E-state index < -0.39 is 0 Å². The van der Waals surface area contributed by atoms with Crippen LogP contribution in [0.4, 0.5) is 0 Å². The number of hydrogen-bond acceptors (Lipinski definition) is 3. The summed E-state index contributed by atoms with van der Waals surface area (Å²) in [6.45, 7) is 6.96. The second kappa shape index (κ2) is 2.96. The van der Waals surface area contributed by atoms with E-state index in [0.717, 1.165) is 19.3 Å². The summed E-state index contributed by atoms with van der Waals surface area (Å²) in [6, 6.07) is 1.34.